The maximum Gasteiger partial charge on any atom is 0.119 e. The second-order valence-electron chi connectivity index (χ2n) is 6.55. The Balaban J connectivity index is 1.67. The SMILES string of the molecule is CCN(C)CC1CCN(CC(O)COc2ccc(C)cc2)C1. The molecule has 4 heteroatoms. The fraction of sp³-hybridized carbons (Fsp3) is 0.667. The van der Waals surface area contributed by atoms with Crippen LogP contribution in [0, 0.1) is 12.8 Å². The van der Waals surface area contributed by atoms with E-state index in [1.54, 1.807) is 0 Å². The highest BCUT2D eigenvalue weighted by atomic mass is 16.5. The summed E-state index contributed by atoms with van der Waals surface area (Å²) in [6, 6.07) is 7.96. The number of aryl methyl sites for hydroxylation is 1. The van der Waals surface area contributed by atoms with Gasteiger partial charge < -0.3 is 19.6 Å². The molecule has 0 amide bonds. The third-order valence-electron chi connectivity index (χ3n) is 4.41. The number of ether oxygens (including phenoxy) is 1. The molecule has 1 saturated heterocycles. The third kappa shape index (κ3) is 5.59. The fourth-order valence-electron chi connectivity index (χ4n) is 2.98. The highest BCUT2D eigenvalue weighted by Crippen LogP contribution is 2.17. The lowest BCUT2D eigenvalue weighted by atomic mass is 10.1. The first-order valence-corrected chi connectivity index (χ1v) is 8.35. The van der Waals surface area contributed by atoms with Crippen molar-refractivity contribution in [1.82, 2.24) is 9.80 Å². The average Bonchev–Trinajstić information content (AvgIpc) is 2.93. The van der Waals surface area contributed by atoms with Gasteiger partial charge in [-0.1, -0.05) is 24.6 Å². The molecular weight excluding hydrogens is 276 g/mol. The van der Waals surface area contributed by atoms with Crippen molar-refractivity contribution in [3.8, 4) is 5.75 Å². The normalized spacial score (nSPS) is 20.5. The maximum atomic E-state index is 10.2. The molecule has 1 aliphatic rings. The lowest BCUT2D eigenvalue weighted by molar-refractivity contribution is 0.0742. The van der Waals surface area contributed by atoms with Crippen LogP contribution in [0.3, 0.4) is 0 Å². The highest BCUT2D eigenvalue weighted by Gasteiger charge is 2.24. The van der Waals surface area contributed by atoms with Crippen molar-refractivity contribution in [2.75, 3.05) is 46.4 Å². The van der Waals surface area contributed by atoms with E-state index >= 15 is 0 Å². The molecule has 1 fully saturated rings. The van der Waals surface area contributed by atoms with Crippen molar-refractivity contribution < 1.29 is 9.84 Å². The zero-order valence-corrected chi connectivity index (χ0v) is 14.2. The van der Waals surface area contributed by atoms with E-state index < -0.39 is 6.10 Å². The summed E-state index contributed by atoms with van der Waals surface area (Å²) >= 11 is 0. The van der Waals surface area contributed by atoms with E-state index in [-0.39, 0.29) is 0 Å². The number of β-amino-alcohol motifs (C(OH)–C–C–N with tert-alkyl or cyclic N) is 1. The largest absolute Gasteiger partial charge is 0.491 e. The number of aliphatic hydroxyl groups is 1. The quantitative estimate of drug-likeness (QED) is 0.797. The average molecular weight is 306 g/mol. The summed E-state index contributed by atoms with van der Waals surface area (Å²) in [6.45, 7) is 9.75. The molecule has 124 valence electrons. The predicted molar refractivity (Wildman–Crippen MR) is 90.4 cm³/mol. The summed E-state index contributed by atoms with van der Waals surface area (Å²) in [4.78, 5) is 4.72. The van der Waals surface area contributed by atoms with E-state index in [2.05, 4.69) is 30.7 Å². The minimum Gasteiger partial charge on any atom is -0.491 e. The van der Waals surface area contributed by atoms with Gasteiger partial charge in [0.1, 0.15) is 18.5 Å². The molecule has 4 nitrogen and oxygen atoms in total. The van der Waals surface area contributed by atoms with Crippen molar-refractivity contribution >= 4 is 0 Å². The Labute approximate surface area is 134 Å². The molecule has 2 unspecified atom stereocenters. The Kier molecular flexibility index (Phi) is 6.68. The van der Waals surface area contributed by atoms with Gasteiger partial charge >= 0.3 is 0 Å². The van der Waals surface area contributed by atoms with E-state index in [0.717, 1.165) is 37.8 Å². The van der Waals surface area contributed by atoms with Crippen LogP contribution in [0.25, 0.3) is 0 Å². The number of benzene rings is 1. The molecule has 1 heterocycles. The summed E-state index contributed by atoms with van der Waals surface area (Å²) < 4.78 is 5.66. The van der Waals surface area contributed by atoms with Crippen LogP contribution in [0.4, 0.5) is 0 Å². The standard InChI is InChI=1S/C18H30N2O2/c1-4-19(3)11-16-9-10-20(12-16)13-17(21)14-22-18-7-5-15(2)6-8-18/h5-8,16-17,21H,4,9-14H2,1-3H3. The van der Waals surface area contributed by atoms with Gasteiger partial charge in [0.05, 0.1) is 0 Å². The summed E-state index contributed by atoms with van der Waals surface area (Å²) in [5.74, 6) is 1.56. The minimum absolute atomic E-state index is 0.360. The van der Waals surface area contributed by atoms with Gasteiger partial charge in [-0.25, -0.2) is 0 Å². The second-order valence-corrected chi connectivity index (χ2v) is 6.55. The molecule has 0 saturated carbocycles. The molecule has 0 aromatic heterocycles. The molecule has 0 spiro atoms. The summed E-state index contributed by atoms with van der Waals surface area (Å²) in [6.07, 6.45) is 0.805. The lowest BCUT2D eigenvalue weighted by Crippen LogP contribution is -2.35. The molecule has 1 aliphatic heterocycles. The molecule has 1 aromatic rings. The van der Waals surface area contributed by atoms with Crippen molar-refractivity contribution in [2.45, 2.75) is 26.4 Å². The molecular formula is C18H30N2O2. The zero-order valence-electron chi connectivity index (χ0n) is 14.2. The monoisotopic (exact) mass is 306 g/mol. The van der Waals surface area contributed by atoms with Gasteiger partial charge in [0.25, 0.3) is 0 Å². The molecule has 1 N–H and O–H groups in total. The number of likely N-dealkylation sites (tertiary alicyclic amines) is 1. The van der Waals surface area contributed by atoms with Gasteiger partial charge in [-0.15, -0.1) is 0 Å². The van der Waals surface area contributed by atoms with Gasteiger partial charge in [-0.2, -0.15) is 0 Å². The number of aliphatic hydroxyl groups excluding tert-OH is 1. The third-order valence-corrected chi connectivity index (χ3v) is 4.41. The Morgan fingerprint density at radius 2 is 2.09 bits per heavy atom. The van der Waals surface area contributed by atoms with Crippen LogP contribution in [0.15, 0.2) is 24.3 Å². The molecule has 1 aromatic carbocycles. The van der Waals surface area contributed by atoms with Crippen molar-refractivity contribution in [3.63, 3.8) is 0 Å². The summed E-state index contributed by atoms with van der Waals surface area (Å²) in [5, 5.41) is 10.2. The number of hydrogen-bond acceptors (Lipinski definition) is 4. The van der Waals surface area contributed by atoms with E-state index in [1.807, 2.05) is 24.3 Å². The van der Waals surface area contributed by atoms with Gasteiger partial charge in [0, 0.05) is 19.6 Å². The van der Waals surface area contributed by atoms with Crippen LogP contribution in [0.5, 0.6) is 5.75 Å². The minimum atomic E-state index is -0.427. The first-order valence-electron chi connectivity index (χ1n) is 8.35. The van der Waals surface area contributed by atoms with Crippen molar-refractivity contribution in [1.29, 1.82) is 0 Å². The van der Waals surface area contributed by atoms with Gasteiger partial charge in [0.2, 0.25) is 0 Å². The molecule has 0 bridgehead atoms. The first kappa shape index (κ1) is 17.3. The van der Waals surface area contributed by atoms with Gasteiger partial charge in [-0.05, 0) is 51.5 Å². The summed E-state index contributed by atoms with van der Waals surface area (Å²) in [7, 11) is 2.17. The second kappa shape index (κ2) is 8.51. The maximum absolute atomic E-state index is 10.2. The van der Waals surface area contributed by atoms with E-state index in [0.29, 0.717) is 13.2 Å². The number of hydrogen-bond donors (Lipinski definition) is 1. The smallest absolute Gasteiger partial charge is 0.119 e. The lowest BCUT2D eigenvalue weighted by Gasteiger charge is -2.22. The Morgan fingerprint density at radius 3 is 2.77 bits per heavy atom. The van der Waals surface area contributed by atoms with Crippen LogP contribution in [0.1, 0.15) is 18.9 Å². The fourth-order valence-corrected chi connectivity index (χ4v) is 2.98. The highest BCUT2D eigenvalue weighted by molar-refractivity contribution is 5.26. The Morgan fingerprint density at radius 1 is 1.36 bits per heavy atom. The molecule has 2 rings (SSSR count). The van der Waals surface area contributed by atoms with Gasteiger partial charge in [-0.3, -0.25) is 0 Å². The van der Waals surface area contributed by atoms with Crippen LogP contribution in [-0.4, -0.2) is 67.4 Å². The Hall–Kier alpha value is -1.10. The van der Waals surface area contributed by atoms with Crippen LogP contribution < -0.4 is 4.74 Å². The van der Waals surface area contributed by atoms with E-state index in [1.165, 1.54) is 12.0 Å². The molecule has 2 atom stereocenters. The topological polar surface area (TPSA) is 35.9 Å². The van der Waals surface area contributed by atoms with E-state index in [9.17, 15) is 5.11 Å². The Bertz CT molecular complexity index is 435. The van der Waals surface area contributed by atoms with Crippen LogP contribution in [0.2, 0.25) is 0 Å². The first-order chi connectivity index (χ1) is 10.6. The molecule has 0 radical (unpaired) electrons. The summed E-state index contributed by atoms with van der Waals surface area (Å²) in [5.41, 5.74) is 1.22. The molecule has 0 aliphatic carbocycles. The van der Waals surface area contributed by atoms with Crippen molar-refractivity contribution in [3.05, 3.63) is 29.8 Å². The van der Waals surface area contributed by atoms with Crippen molar-refractivity contribution in [2.24, 2.45) is 5.92 Å². The van der Waals surface area contributed by atoms with E-state index in [4.69, 9.17) is 4.74 Å². The zero-order chi connectivity index (χ0) is 15.9. The predicted octanol–water partition coefficient (Wildman–Crippen LogP) is 2.01. The van der Waals surface area contributed by atoms with Crippen LogP contribution >= 0.6 is 0 Å². The number of rotatable bonds is 8. The number of nitrogens with zero attached hydrogens (tertiary/aromatic N) is 2. The molecule has 22 heavy (non-hydrogen) atoms. The van der Waals surface area contributed by atoms with Gasteiger partial charge in [0.15, 0.2) is 0 Å². The van der Waals surface area contributed by atoms with Crippen LogP contribution in [-0.2, 0) is 0 Å².